The Morgan fingerprint density at radius 1 is 1.23 bits per heavy atom. The molecule has 1 aliphatic rings. The highest BCUT2D eigenvalue weighted by atomic mass is 16.5. The molecule has 0 bridgehead atoms. The molecular weight excluding hydrogens is 276 g/mol. The molecule has 3 N–H and O–H groups in total. The van der Waals surface area contributed by atoms with E-state index in [1.807, 2.05) is 19.1 Å². The fraction of sp³-hybridized carbons (Fsp3) is 0.412. The Bertz CT molecular complexity index is 638. The van der Waals surface area contributed by atoms with Crippen LogP contribution in [0.25, 0.3) is 0 Å². The second kappa shape index (κ2) is 6.85. The Balaban J connectivity index is 1.82. The van der Waals surface area contributed by atoms with Crippen LogP contribution in [0, 0.1) is 6.92 Å². The van der Waals surface area contributed by atoms with Crippen LogP contribution in [0.4, 0.5) is 11.6 Å². The van der Waals surface area contributed by atoms with Crippen molar-refractivity contribution >= 4 is 11.6 Å². The molecule has 1 fully saturated rings. The summed E-state index contributed by atoms with van der Waals surface area (Å²) in [5.41, 5.74) is 9.07. The fourth-order valence-electron chi connectivity index (χ4n) is 2.83. The van der Waals surface area contributed by atoms with Crippen molar-refractivity contribution in [2.24, 2.45) is 5.73 Å². The highest BCUT2D eigenvalue weighted by Gasteiger charge is 2.17. The number of hydrogen-bond donors (Lipinski definition) is 2. The van der Waals surface area contributed by atoms with E-state index in [1.54, 1.807) is 6.20 Å². The van der Waals surface area contributed by atoms with Crippen molar-refractivity contribution in [3.8, 4) is 0 Å². The summed E-state index contributed by atoms with van der Waals surface area (Å²) >= 11 is 0. The van der Waals surface area contributed by atoms with Gasteiger partial charge in [-0.05, 0) is 61.1 Å². The van der Waals surface area contributed by atoms with Crippen LogP contribution in [0.1, 0.15) is 35.6 Å². The predicted octanol–water partition coefficient (Wildman–Crippen LogP) is 2.88. The number of aryl methyl sites for hydroxylation is 1. The molecule has 22 heavy (non-hydrogen) atoms. The smallest absolute Gasteiger partial charge is 0.132 e. The lowest BCUT2D eigenvalue weighted by molar-refractivity contribution is 0.0853. The highest BCUT2D eigenvalue weighted by molar-refractivity contribution is 5.54. The summed E-state index contributed by atoms with van der Waals surface area (Å²) in [5, 5.41) is 3.29. The highest BCUT2D eigenvalue weighted by Crippen LogP contribution is 2.29. The minimum Gasteiger partial charge on any atom is -0.381 e. The summed E-state index contributed by atoms with van der Waals surface area (Å²) in [6.45, 7) is 4.22. The van der Waals surface area contributed by atoms with Gasteiger partial charge in [0.15, 0.2) is 0 Å². The average Bonchev–Trinajstić information content (AvgIpc) is 2.55. The zero-order chi connectivity index (χ0) is 15.4. The molecule has 2 aromatic heterocycles. The number of nitrogens with zero attached hydrogens (tertiary/aromatic N) is 2. The van der Waals surface area contributed by atoms with Gasteiger partial charge in [0, 0.05) is 31.6 Å². The van der Waals surface area contributed by atoms with E-state index >= 15 is 0 Å². The van der Waals surface area contributed by atoms with Gasteiger partial charge in [0.05, 0.1) is 0 Å². The van der Waals surface area contributed by atoms with Crippen LogP contribution in [0.15, 0.2) is 30.5 Å². The Kier molecular flexibility index (Phi) is 4.65. The molecule has 5 nitrogen and oxygen atoms in total. The predicted molar refractivity (Wildman–Crippen MR) is 87.2 cm³/mol. The number of pyridine rings is 2. The number of nitrogens with two attached hydrogens (primary N) is 1. The number of aromatic nitrogens is 2. The lowest BCUT2D eigenvalue weighted by Gasteiger charge is -2.23. The molecule has 116 valence electrons. The van der Waals surface area contributed by atoms with E-state index in [-0.39, 0.29) is 0 Å². The first kappa shape index (κ1) is 14.9. The van der Waals surface area contributed by atoms with Crippen LogP contribution < -0.4 is 11.1 Å². The van der Waals surface area contributed by atoms with Crippen LogP contribution in [0.2, 0.25) is 0 Å². The van der Waals surface area contributed by atoms with Gasteiger partial charge in [-0.1, -0.05) is 0 Å². The van der Waals surface area contributed by atoms with E-state index in [2.05, 4.69) is 27.4 Å². The molecule has 1 aliphatic heterocycles. The first-order valence-electron chi connectivity index (χ1n) is 7.73. The van der Waals surface area contributed by atoms with Gasteiger partial charge in [-0.3, -0.25) is 0 Å². The molecule has 3 heterocycles. The molecule has 0 radical (unpaired) electrons. The van der Waals surface area contributed by atoms with Crippen molar-refractivity contribution in [1.82, 2.24) is 9.97 Å². The molecule has 3 rings (SSSR count). The van der Waals surface area contributed by atoms with Gasteiger partial charge in [0.2, 0.25) is 0 Å². The normalized spacial score (nSPS) is 15.7. The van der Waals surface area contributed by atoms with Crippen molar-refractivity contribution < 1.29 is 4.74 Å². The summed E-state index contributed by atoms with van der Waals surface area (Å²) in [6.07, 6.45) is 3.91. The number of hydrogen-bond acceptors (Lipinski definition) is 5. The van der Waals surface area contributed by atoms with Crippen LogP contribution in [0.3, 0.4) is 0 Å². The Labute approximate surface area is 130 Å². The molecule has 0 saturated carbocycles. The number of ether oxygens (including phenoxy) is 1. The molecule has 2 aromatic rings. The number of nitrogens with one attached hydrogen (secondary N) is 1. The second-order valence-corrected chi connectivity index (χ2v) is 5.69. The van der Waals surface area contributed by atoms with Crippen molar-refractivity contribution in [2.75, 3.05) is 18.5 Å². The minimum absolute atomic E-state index is 0.506. The van der Waals surface area contributed by atoms with Gasteiger partial charge in [-0.25, -0.2) is 9.97 Å². The van der Waals surface area contributed by atoms with E-state index in [4.69, 9.17) is 10.5 Å². The van der Waals surface area contributed by atoms with E-state index < -0.39 is 0 Å². The summed E-state index contributed by atoms with van der Waals surface area (Å²) < 4.78 is 5.45. The Morgan fingerprint density at radius 3 is 2.82 bits per heavy atom. The van der Waals surface area contributed by atoms with Crippen LogP contribution >= 0.6 is 0 Å². The van der Waals surface area contributed by atoms with Gasteiger partial charge in [0.1, 0.15) is 11.6 Å². The lowest BCUT2D eigenvalue weighted by atomic mass is 9.92. The lowest BCUT2D eigenvalue weighted by Crippen LogP contribution is -2.14. The van der Waals surface area contributed by atoms with Crippen LogP contribution in [-0.2, 0) is 11.3 Å². The van der Waals surface area contributed by atoms with Gasteiger partial charge in [0.25, 0.3) is 0 Å². The second-order valence-electron chi connectivity index (χ2n) is 5.69. The molecule has 5 heteroatoms. The third kappa shape index (κ3) is 3.61. The zero-order valence-corrected chi connectivity index (χ0v) is 12.9. The van der Waals surface area contributed by atoms with Gasteiger partial charge in [-0.15, -0.1) is 0 Å². The van der Waals surface area contributed by atoms with Crippen molar-refractivity contribution in [3.05, 3.63) is 47.3 Å². The summed E-state index contributed by atoms with van der Waals surface area (Å²) in [5.74, 6) is 2.17. The van der Waals surface area contributed by atoms with Crippen LogP contribution in [-0.4, -0.2) is 23.2 Å². The molecule has 0 unspecified atom stereocenters. The van der Waals surface area contributed by atoms with Crippen molar-refractivity contribution in [1.29, 1.82) is 0 Å². The topological polar surface area (TPSA) is 73.1 Å². The monoisotopic (exact) mass is 298 g/mol. The molecule has 0 amide bonds. The maximum atomic E-state index is 5.67. The van der Waals surface area contributed by atoms with E-state index in [0.29, 0.717) is 12.5 Å². The third-order valence-corrected chi connectivity index (χ3v) is 3.98. The van der Waals surface area contributed by atoms with Crippen LogP contribution in [0.5, 0.6) is 0 Å². The first-order chi connectivity index (χ1) is 10.7. The molecule has 0 spiro atoms. The molecule has 0 aliphatic carbocycles. The van der Waals surface area contributed by atoms with Gasteiger partial charge >= 0.3 is 0 Å². The van der Waals surface area contributed by atoms with E-state index in [1.165, 1.54) is 5.56 Å². The summed E-state index contributed by atoms with van der Waals surface area (Å²) in [7, 11) is 0. The Hall–Kier alpha value is -1.98. The molecule has 0 aromatic carbocycles. The van der Waals surface area contributed by atoms with Gasteiger partial charge < -0.3 is 15.8 Å². The fourth-order valence-corrected chi connectivity index (χ4v) is 2.83. The molecule has 1 saturated heterocycles. The number of rotatable bonds is 4. The van der Waals surface area contributed by atoms with Crippen molar-refractivity contribution in [2.45, 2.75) is 32.2 Å². The summed E-state index contributed by atoms with van der Waals surface area (Å²) in [4.78, 5) is 8.89. The summed E-state index contributed by atoms with van der Waals surface area (Å²) in [6, 6.07) is 8.17. The maximum absolute atomic E-state index is 5.67. The zero-order valence-electron chi connectivity index (χ0n) is 12.9. The average molecular weight is 298 g/mol. The standard InChI is InChI=1S/C17H22N4O/c1-12-8-15(14-3-6-22-7-4-14)10-17(20-12)21-16-9-13(11-18)2-5-19-16/h2,5,8-10,14H,3-4,6-7,11,18H2,1H3,(H,19,20,21). The molecular formula is C17H22N4O. The Morgan fingerprint density at radius 2 is 2.05 bits per heavy atom. The van der Waals surface area contributed by atoms with E-state index in [0.717, 1.165) is 48.9 Å². The van der Waals surface area contributed by atoms with Crippen molar-refractivity contribution in [3.63, 3.8) is 0 Å². The molecule has 0 atom stereocenters. The SMILES string of the molecule is Cc1cc(C2CCOCC2)cc(Nc2cc(CN)ccn2)n1. The largest absolute Gasteiger partial charge is 0.381 e. The quantitative estimate of drug-likeness (QED) is 0.908. The first-order valence-corrected chi connectivity index (χ1v) is 7.73. The minimum atomic E-state index is 0.506. The van der Waals surface area contributed by atoms with E-state index in [9.17, 15) is 0 Å². The third-order valence-electron chi connectivity index (χ3n) is 3.98. The van der Waals surface area contributed by atoms with Gasteiger partial charge in [-0.2, -0.15) is 0 Å². The maximum Gasteiger partial charge on any atom is 0.132 e. The number of anilines is 2.